The molecule has 29 heavy (non-hydrogen) atoms. The van der Waals surface area contributed by atoms with Crippen LogP contribution in [0.15, 0.2) is 47.4 Å². The molecule has 1 fully saturated rings. The molecule has 1 aliphatic rings. The number of amides is 2. The maximum Gasteiger partial charge on any atom is 0.234 e. The SMILES string of the molecule is COc1ccc(Cl)cc1NC(=O)CSc1cccc(NC(=O)C2CCCCC2)c1. The Morgan fingerprint density at radius 1 is 1.10 bits per heavy atom. The minimum atomic E-state index is -0.160. The summed E-state index contributed by atoms with van der Waals surface area (Å²) in [6.07, 6.45) is 5.40. The quantitative estimate of drug-likeness (QED) is 0.559. The molecule has 0 spiro atoms. The second-order valence-electron chi connectivity index (χ2n) is 7.03. The van der Waals surface area contributed by atoms with Crippen LogP contribution in [0, 0.1) is 5.92 Å². The van der Waals surface area contributed by atoms with Gasteiger partial charge >= 0.3 is 0 Å². The van der Waals surface area contributed by atoms with E-state index in [9.17, 15) is 9.59 Å². The fourth-order valence-corrected chi connectivity index (χ4v) is 4.31. The van der Waals surface area contributed by atoms with Gasteiger partial charge in [0, 0.05) is 21.5 Å². The van der Waals surface area contributed by atoms with Gasteiger partial charge < -0.3 is 15.4 Å². The highest BCUT2D eigenvalue weighted by Crippen LogP contribution is 2.29. The summed E-state index contributed by atoms with van der Waals surface area (Å²) in [7, 11) is 1.54. The number of halogens is 1. The van der Waals surface area contributed by atoms with Crippen molar-refractivity contribution in [3.63, 3.8) is 0 Å². The van der Waals surface area contributed by atoms with Gasteiger partial charge in [0.15, 0.2) is 0 Å². The number of methoxy groups -OCH3 is 1. The average Bonchev–Trinajstić information content (AvgIpc) is 2.73. The topological polar surface area (TPSA) is 67.4 Å². The molecule has 2 aromatic rings. The van der Waals surface area contributed by atoms with Crippen molar-refractivity contribution in [1.82, 2.24) is 0 Å². The zero-order valence-electron chi connectivity index (χ0n) is 16.4. The zero-order valence-corrected chi connectivity index (χ0v) is 17.9. The second-order valence-corrected chi connectivity index (χ2v) is 8.52. The van der Waals surface area contributed by atoms with Gasteiger partial charge in [-0.1, -0.05) is 36.9 Å². The number of anilines is 2. The van der Waals surface area contributed by atoms with Crippen LogP contribution in [0.3, 0.4) is 0 Å². The van der Waals surface area contributed by atoms with Gasteiger partial charge in [0.05, 0.1) is 18.6 Å². The fourth-order valence-electron chi connectivity index (χ4n) is 3.39. The first-order valence-electron chi connectivity index (χ1n) is 9.72. The predicted octanol–water partition coefficient (Wildman–Crippen LogP) is 5.60. The number of rotatable bonds is 7. The average molecular weight is 433 g/mol. The molecule has 0 atom stereocenters. The van der Waals surface area contributed by atoms with E-state index in [1.54, 1.807) is 25.3 Å². The van der Waals surface area contributed by atoms with Gasteiger partial charge in [-0.3, -0.25) is 9.59 Å². The molecule has 0 saturated heterocycles. The first-order valence-corrected chi connectivity index (χ1v) is 11.1. The lowest BCUT2D eigenvalue weighted by Crippen LogP contribution is -2.24. The Bertz CT molecular complexity index is 869. The van der Waals surface area contributed by atoms with Crippen molar-refractivity contribution >= 4 is 46.6 Å². The molecule has 1 saturated carbocycles. The van der Waals surface area contributed by atoms with E-state index in [1.165, 1.54) is 18.2 Å². The molecule has 154 valence electrons. The van der Waals surface area contributed by atoms with E-state index in [1.807, 2.05) is 24.3 Å². The minimum Gasteiger partial charge on any atom is -0.495 e. The van der Waals surface area contributed by atoms with E-state index in [-0.39, 0.29) is 23.5 Å². The Hall–Kier alpha value is -2.18. The number of hydrogen-bond donors (Lipinski definition) is 2. The van der Waals surface area contributed by atoms with Crippen LogP contribution >= 0.6 is 23.4 Å². The largest absolute Gasteiger partial charge is 0.495 e. The van der Waals surface area contributed by atoms with E-state index in [2.05, 4.69) is 10.6 Å². The minimum absolute atomic E-state index is 0.0950. The molecule has 0 heterocycles. The van der Waals surface area contributed by atoms with Crippen LogP contribution in [0.25, 0.3) is 0 Å². The lowest BCUT2D eigenvalue weighted by atomic mass is 9.88. The highest BCUT2D eigenvalue weighted by atomic mass is 35.5. The summed E-state index contributed by atoms with van der Waals surface area (Å²) >= 11 is 7.40. The molecule has 2 N–H and O–H groups in total. The van der Waals surface area contributed by atoms with Crippen molar-refractivity contribution in [2.24, 2.45) is 5.92 Å². The highest BCUT2D eigenvalue weighted by Gasteiger charge is 2.21. The van der Waals surface area contributed by atoms with Crippen LogP contribution < -0.4 is 15.4 Å². The van der Waals surface area contributed by atoms with Crippen molar-refractivity contribution in [2.75, 3.05) is 23.5 Å². The Morgan fingerprint density at radius 2 is 1.90 bits per heavy atom. The predicted molar refractivity (Wildman–Crippen MR) is 119 cm³/mol. The highest BCUT2D eigenvalue weighted by molar-refractivity contribution is 8.00. The number of nitrogens with one attached hydrogen (secondary N) is 2. The maximum absolute atomic E-state index is 12.4. The van der Waals surface area contributed by atoms with E-state index >= 15 is 0 Å². The molecule has 5 nitrogen and oxygen atoms in total. The number of thioether (sulfide) groups is 1. The normalized spacial score (nSPS) is 14.3. The molecule has 0 bridgehead atoms. The van der Waals surface area contributed by atoms with E-state index in [0.29, 0.717) is 16.5 Å². The van der Waals surface area contributed by atoms with Crippen molar-refractivity contribution in [2.45, 2.75) is 37.0 Å². The van der Waals surface area contributed by atoms with Crippen LogP contribution in [0.2, 0.25) is 5.02 Å². The summed E-state index contributed by atoms with van der Waals surface area (Å²) in [6, 6.07) is 12.7. The van der Waals surface area contributed by atoms with Crippen LogP contribution in [-0.4, -0.2) is 24.7 Å². The number of benzene rings is 2. The molecule has 7 heteroatoms. The van der Waals surface area contributed by atoms with E-state index in [0.717, 1.165) is 36.3 Å². The molecule has 0 radical (unpaired) electrons. The summed E-state index contributed by atoms with van der Waals surface area (Å²) in [5, 5.41) is 6.36. The number of carbonyl (C=O) groups is 2. The zero-order chi connectivity index (χ0) is 20.6. The lowest BCUT2D eigenvalue weighted by molar-refractivity contribution is -0.120. The Morgan fingerprint density at radius 3 is 2.66 bits per heavy atom. The van der Waals surface area contributed by atoms with Gasteiger partial charge in [0.2, 0.25) is 11.8 Å². The molecule has 1 aliphatic carbocycles. The summed E-state index contributed by atoms with van der Waals surface area (Å²) in [5.41, 5.74) is 1.31. The van der Waals surface area contributed by atoms with Gasteiger partial charge in [0.25, 0.3) is 0 Å². The molecule has 2 aromatic carbocycles. The van der Waals surface area contributed by atoms with Gasteiger partial charge in [0.1, 0.15) is 5.75 Å². The Labute approximate surface area is 180 Å². The van der Waals surface area contributed by atoms with Crippen LogP contribution in [0.5, 0.6) is 5.75 Å². The smallest absolute Gasteiger partial charge is 0.234 e. The lowest BCUT2D eigenvalue weighted by Gasteiger charge is -2.20. The van der Waals surface area contributed by atoms with Crippen molar-refractivity contribution in [3.05, 3.63) is 47.5 Å². The van der Waals surface area contributed by atoms with Gasteiger partial charge in [-0.25, -0.2) is 0 Å². The summed E-state index contributed by atoms with van der Waals surface area (Å²) in [4.78, 5) is 25.7. The van der Waals surface area contributed by atoms with E-state index < -0.39 is 0 Å². The van der Waals surface area contributed by atoms with Crippen molar-refractivity contribution < 1.29 is 14.3 Å². The molecule has 0 aliphatic heterocycles. The summed E-state index contributed by atoms with van der Waals surface area (Å²) < 4.78 is 5.25. The molecule has 2 amide bonds. The van der Waals surface area contributed by atoms with Gasteiger partial charge in [-0.05, 0) is 49.2 Å². The summed E-state index contributed by atoms with van der Waals surface area (Å²) in [6.45, 7) is 0. The Kier molecular flexibility index (Phi) is 7.83. The van der Waals surface area contributed by atoms with Gasteiger partial charge in [-0.2, -0.15) is 0 Å². The molecular weight excluding hydrogens is 408 g/mol. The van der Waals surface area contributed by atoms with Crippen molar-refractivity contribution in [3.8, 4) is 5.75 Å². The van der Waals surface area contributed by atoms with E-state index in [4.69, 9.17) is 16.3 Å². The second kappa shape index (κ2) is 10.6. The van der Waals surface area contributed by atoms with Gasteiger partial charge in [-0.15, -0.1) is 11.8 Å². The van der Waals surface area contributed by atoms with Crippen LogP contribution in [-0.2, 0) is 9.59 Å². The van der Waals surface area contributed by atoms with Crippen molar-refractivity contribution in [1.29, 1.82) is 0 Å². The molecule has 0 aromatic heterocycles. The molecule has 0 unspecified atom stereocenters. The molecule has 3 rings (SSSR count). The third-order valence-electron chi connectivity index (χ3n) is 4.88. The standard InChI is InChI=1S/C22H25ClN2O3S/c1-28-20-11-10-16(23)12-19(20)25-21(26)14-29-18-9-5-8-17(13-18)24-22(27)15-6-3-2-4-7-15/h5,8-13,15H,2-4,6-7,14H2,1H3,(H,24,27)(H,25,26). The van der Waals surface area contributed by atoms with Crippen LogP contribution in [0.1, 0.15) is 32.1 Å². The number of hydrogen-bond acceptors (Lipinski definition) is 4. The number of ether oxygens (including phenoxy) is 1. The maximum atomic E-state index is 12.4. The van der Waals surface area contributed by atoms with Crippen LogP contribution in [0.4, 0.5) is 11.4 Å². The number of carbonyl (C=O) groups excluding carboxylic acids is 2. The first-order chi connectivity index (χ1) is 14.0. The monoisotopic (exact) mass is 432 g/mol. The third-order valence-corrected chi connectivity index (χ3v) is 6.11. The third kappa shape index (κ3) is 6.41. The summed E-state index contributed by atoms with van der Waals surface area (Å²) in [5.74, 6) is 0.832. The first kappa shape index (κ1) is 21.5. The fraction of sp³-hybridized carbons (Fsp3) is 0.364. The Balaban J connectivity index is 1.54. The molecular formula is C22H25ClN2O3S.